The Balaban J connectivity index is 2.19. The molecule has 3 heteroatoms. The summed E-state index contributed by atoms with van der Waals surface area (Å²) >= 11 is 5.64. The minimum Gasteiger partial charge on any atom is -0.497 e. The van der Waals surface area contributed by atoms with E-state index in [9.17, 15) is 0 Å². The van der Waals surface area contributed by atoms with Gasteiger partial charge in [0.2, 0.25) is 0 Å². The van der Waals surface area contributed by atoms with Crippen LogP contribution in [-0.2, 0) is 0 Å². The van der Waals surface area contributed by atoms with Crippen LogP contribution in [0.3, 0.4) is 0 Å². The molecule has 0 aliphatic heterocycles. The molecule has 1 N–H and O–H groups in total. The number of fused-ring (bicyclic) bond motifs is 1. The molecule has 2 aromatic carbocycles. The zero-order chi connectivity index (χ0) is 12.1. The Bertz CT molecular complexity index is 499. The maximum absolute atomic E-state index is 5.64. The Kier molecular flexibility index (Phi) is 4.10. The summed E-state index contributed by atoms with van der Waals surface area (Å²) in [7, 11) is 1.68. The van der Waals surface area contributed by atoms with Crippen LogP contribution in [0.1, 0.15) is 6.42 Å². The number of anilines is 1. The van der Waals surface area contributed by atoms with Gasteiger partial charge in [0.15, 0.2) is 0 Å². The van der Waals surface area contributed by atoms with E-state index in [-0.39, 0.29) is 0 Å². The van der Waals surface area contributed by atoms with Crippen LogP contribution in [0.25, 0.3) is 10.8 Å². The smallest absolute Gasteiger partial charge is 0.119 e. The fourth-order valence-corrected chi connectivity index (χ4v) is 1.89. The Morgan fingerprint density at radius 3 is 2.65 bits per heavy atom. The van der Waals surface area contributed by atoms with Crippen LogP contribution in [0.4, 0.5) is 5.69 Å². The van der Waals surface area contributed by atoms with E-state index in [1.165, 1.54) is 10.8 Å². The van der Waals surface area contributed by atoms with Gasteiger partial charge in [-0.05, 0) is 41.5 Å². The highest BCUT2D eigenvalue weighted by atomic mass is 35.5. The SMILES string of the molecule is COc1ccc2cc(NCCCCl)ccc2c1. The number of hydrogen-bond donors (Lipinski definition) is 1. The molecule has 0 fully saturated rings. The van der Waals surface area contributed by atoms with Gasteiger partial charge in [0, 0.05) is 18.1 Å². The van der Waals surface area contributed by atoms with Crippen molar-refractivity contribution in [3.63, 3.8) is 0 Å². The summed E-state index contributed by atoms with van der Waals surface area (Å²) in [6.07, 6.45) is 0.974. The Labute approximate surface area is 107 Å². The van der Waals surface area contributed by atoms with Crippen molar-refractivity contribution < 1.29 is 4.74 Å². The molecule has 0 amide bonds. The summed E-state index contributed by atoms with van der Waals surface area (Å²) < 4.78 is 5.20. The Morgan fingerprint density at radius 2 is 1.88 bits per heavy atom. The standard InChI is InChI=1S/C14H16ClNO/c1-17-14-6-4-11-9-13(16-8-2-7-15)5-3-12(11)10-14/h3-6,9-10,16H,2,7-8H2,1H3. The van der Waals surface area contributed by atoms with Gasteiger partial charge in [-0.2, -0.15) is 0 Å². The summed E-state index contributed by atoms with van der Waals surface area (Å²) in [4.78, 5) is 0. The van der Waals surface area contributed by atoms with Crippen molar-refractivity contribution in [2.24, 2.45) is 0 Å². The molecular weight excluding hydrogens is 234 g/mol. The molecule has 0 saturated heterocycles. The predicted octanol–water partition coefficient (Wildman–Crippen LogP) is 3.89. The lowest BCUT2D eigenvalue weighted by molar-refractivity contribution is 0.415. The maximum atomic E-state index is 5.64. The average molecular weight is 250 g/mol. The highest BCUT2D eigenvalue weighted by molar-refractivity contribution is 6.17. The van der Waals surface area contributed by atoms with Crippen LogP contribution < -0.4 is 10.1 Å². The zero-order valence-corrected chi connectivity index (χ0v) is 10.6. The van der Waals surface area contributed by atoms with E-state index >= 15 is 0 Å². The van der Waals surface area contributed by atoms with Gasteiger partial charge in [-0.15, -0.1) is 11.6 Å². The first-order valence-electron chi connectivity index (χ1n) is 5.71. The molecule has 90 valence electrons. The van der Waals surface area contributed by atoms with Crippen molar-refractivity contribution in [3.8, 4) is 5.75 Å². The largest absolute Gasteiger partial charge is 0.497 e. The van der Waals surface area contributed by atoms with E-state index in [2.05, 4.69) is 29.6 Å². The van der Waals surface area contributed by atoms with Crippen molar-refractivity contribution in [2.45, 2.75) is 6.42 Å². The summed E-state index contributed by atoms with van der Waals surface area (Å²) in [5.74, 6) is 1.58. The first kappa shape index (κ1) is 12.1. The molecule has 0 atom stereocenters. The van der Waals surface area contributed by atoms with Gasteiger partial charge in [0.05, 0.1) is 7.11 Å². The van der Waals surface area contributed by atoms with Gasteiger partial charge in [0.25, 0.3) is 0 Å². The number of rotatable bonds is 5. The van der Waals surface area contributed by atoms with Crippen LogP contribution in [0.5, 0.6) is 5.75 Å². The second-order valence-electron chi connectivity index (χ2n) is 3.90. The second kappa shape index (κ2) is 5.78. The third kappa shape index (κ3) is 3.04. The van der Waals surface area contributed by atoms with Crippen LogP contribution in [0.15, 0.2) is 36.4 Å². The molecular formula is C14H16ClNO. The van der Waals surface area contributed by atoms with Gasteiger partial charge < -0.3 is 10.1 Å². The molecule has 0 heterocycles. The molecule has 0 unspecified atom stereocenters. The third-order valence-corrected chi connectivity index (χ3v) is 2.95. The number of methoxy groups -OCH3 is 1. The van der Waals surface area contributed by atoms with Gasteiger partial charge in [-0.3, -0.25) is 0 Å². The molecule has 0 radical (unpaired) electrons. The number of alkyl halides is 1. The van der Waals surface area contributed by atoms with Crippen LogP contribution in [0, 0.1) is 0 Å². The summed E-state index contributed by atoms with van der Waals surface area (Å²) in [6.45, 7) is 0.908. The average Bonchev–Trinajstić information content (AvgIpc) is 2.38. The van der Waals surface area contributed by atoms with Crippen molar-refractivity contribution in [2.75, 3.05) is 24.9 Å². The summed E-state index contributed by atoms with van der Waals surface area (Å²) in [5.41, 5.74) is 1.13. The number of benzene rings is 2. The highest BCUT2D eigenvalue weighted by Gasteiger charge is 1.98. The topological polar surface area (TPSA) is 21.3 Å². The molecule has 0 aliphatic rings. The van der Waals surface area contributed by atoms with E-state index in [0.29, 0.717) is 5.88 Å². The van der Waals surface area contributed by atoms with Gasteiger partial charge >= 0.3 is 0 Å². The number of hydrogen-bond acceptors (Lipinski definition) is 2. The molecule has 2 aromatic rings. The second-order valence-corrected chi connectivity index (χ2v) is 4.28. The van der Waals surface area contributed by atoms with Gasteiger partial charge in [0.1, 0.15) is 5.75 Å². The molecule has 0 bridgehead atoms. The van der Waals surface area contributed by atoms with Crippen molar-refractivity contribution >= 4 is 28.1 Å². The number of halogens is 1. The van der Waals surface area contributed by atoms with E-state index < -0.39 is 0 Å². The lowest BCUT2D eigenvalue weighted by atomic mass is 10.1. The molecule has 0 saturated carbocycles. The Morgan fingerprint density at radius 1 is 1.12 bits per heavy atom. The van der Waals surface area contributed by atoms with E-state index in [1.807, 2.05) is 12.1 Å². The fourth-order valence-electron chi connectivity index (χ4n) is 1.76. The lowest BCUT2D eigenvalue weighted by Crippen LogP contribution is -2.01. The molecule has 0 aliphatic carbocycles. The monoisotopic (exact) mass is 249 g/mol. The normalized spacial score (nSPS) is 10.5. The van der Waals surface area contributed by atoms with Crippen LogP contribution in [-0.4, -0.2) is 19.5 Å². The lowest BCUT2D eigenvalue weighted by Gasteiger charge is -2.07. The number of ether oxygens (including phenoxy) is 1. The first-order chi connectivity index (χ1) is 8.33. The zero-order valence-electron chi connectivity index (χ0n) is 9.87. The van der Waals surface area contributed by atoms with Crippen LogP contribution >= 0.6 is 11.6 Å². The predicted molar refractivity (Wildman–Crippen MR) is 74.3 cm³/mol. The minimum absolute atomic E-state index is 0.692. The molecule has 2 nitrogen and oxygen atoms in total. The van der Waals surface area contributed by atoms with E-state index in [4.69, 9.17) is 16.3 Å². The highest BCUT2D eigenvalue weighted by Crippen LogP contribution is 2.23. The van der Waals surface area contributed by atoms with Crippen molar-refractivity contribution in [1.82, 2.24) is 0 Å². The maximum Gasteiger partial charge on any atom is 0.119 e. The summed E-state index contributed by atoms with van der Waals surface area (Å²) in [5, 5.41) is 5.75. The van der Waals surface area contributed by atoms with Gasteiger partial charge in [-0.1, -0.05) is 12.1 Å². The third-order valence-electron chi connectivity index (χ3n) is 2.69. The first-order valence-corrected chi connectivity index (χ1v) is 6.24. The molecule has 2 rings (SSSR count). The Hall–Kier alpha value is -1.41. The summed E-state index contributed by atoms with van der Waals surface area (Å²) in [6, 6.07) is 12.4. The van der Waals surface area contributed by atoms with Crippen molar-refractivity contribution in [1.29, 1.82) is 0 Å². The van der Waals surface area contributed by atoms with Crippen LogP contribution in [0.2, 0.25) is 0 Å². The fraction of sp³-hybridized carbons (Fsp3) is 0.286. The van der Waals surface area contributed by atoms with Crippen molar-refractivity contribution in [3.05, 3.63) is 36.4 Å². The quantitative estimate of drug-likeness (QED) is 0.641. The van der Waals surface area contributed by atoms with Gasteiger partial charge in [-0.25, -0.2) is 0 Å². The minimum atomic E-state index is 0.692. The molecule has 17 heavy (non-hydrogen) atoms. The van der Waals surface area contributed by atoms with E-state index in [0.717, 1.165) is 24.4 Å². The molecule has 0 spiro atoms. The van der Waals surface area contributed by atoms with E-state index in [1.54, 1.807) is 7.11 Å². The molecule has 0 aromatic heterocycles. The number of nitrogens with one attached hydrogen (secondary N) is 1.